The van der Waals surface area contributed by atoms with E-state index in [1.165, 1.54) is 0 Å². The van der Waals surface area contributed by atoms with Gasteiger partial charge >= 0.3 is 0 Å². The molecular formula is C19H19NO. The van der Waals surface area contributed by atoms with E-state index in [-0.39, 0.29) is 5.91 Å². The maximum Gasteiger partial charge on any atom is 0.224 e. The Morgan fingerprint density at radius 3 is 2.48 bits per heavy atom. The van der Waals surface area contributed by atoms with Crippen molar-refractivity contribution in [2.75, 3.05) is 5.32 Å². The van der Waals surface area contributed by atoms with Crippen molar-refractivity contribution in [2.45, 2.75) is 26.7 Å². The number of hydrogen-bond acceptors (Lipinski definition) is 1. The van der Waals surface area contributed by atoms with Crippen LogP contribution in [0.5, 0.6) is 0 Å². The second-order valence-corrected chi connectivity index (χ2v) is 5.16. The molecule has 106 valence electrons. The second-order valence-electron chi connectivity index (χ2n) is 5.16. The predicted molar refractivity (Wildman–Crippen MR) is 87.2 cm³/mol. The summed E-state index contributed by atoms with van der Waals surface area (Å²) in [5.41, 5.74) is 5.01. The molecule has 0 fully saturated rings. The Balaban J connectivity index is 1.98. The van der Waals surface area contributed by atoms with Crippen molar-refractivity contribution in [1.29, 1.82) is 0 Å². The summed E-state index contributed by atoms with van der Waals surface area (Å²) >= 11 is 0. The lowest BCUT2D eigenvalue weighted by Gasteiger charge is -2.11. The molecule has 0 unspecified atom stereocenters. The number of terminal acetylenes is 1. The molecule has 2 nitrogen and oxygen atoms in total. The molecule has 2 aromatic carbocycles. The third-order valence-corrected chi connectivity index (χ3v) is 3.48. The monoisotopic (exact) mass is 277 g/mol. The molecule has 0 heterocycles. The van der Waals surface area contributed by atoms with Crippen molar-refractivity contribution in [2.24, 2.45) is 0 Å². The van der Waals surface area contributed by atoms with E-state index >= 15 is 0 Å². The topological polar surface area (TPSA) is 29.1 Å². The minimum atomic E-state index is 0.0264. The van der Waals surface area contributed by atoms with E-state index < -0.39 is 0 Å². The van der Waals surface area contributed by atoms with E-state index in [1.807, 2.05) is 56.3 Å². The summed E-state index contributed by atoms with van der Waals surface area (Å²) in [6.45, 7) is 4.00. The zero-order chi connectivity index (χ0) is 15.2. The van der Waals surface area contributed by atoms with Crippen LogP contribution in [0.4, 0.5) is 5.69 Å². The molecule has 0 aliphatic carbocycles. The Hall–Kier alpha value is -2.53. The van der Waals surface area contributed by atoms with Crippen LogP contribution in [0, 0.1) is 26.2 Å². The van der Waals surface area contributed by atoms with Gasteiger partial charge in [-0.3, -0.25) is 4.79 Å². The van der Waals surface area contributed by atoms with E-state index in [4.69, 9.17) is 6.42 Å². The Bertz CT molecular complexity index is 675. The van der Waals surface area contributed by atoms with Crippen molar-refractivity contribution in [3.05, 3.63) is 64.7 Å². The summed E-state index contributed by atoms with van der Waals surface area (Å²) in [4.78, 5) is 12.1. The molecule has 1 amide bonds. The molecule has 0 saturated heterocycles. The molecule has 21 heavy (non-hydrogen) atoms. The van der Waals surface area contributed by atoms with Crippen molar-refractivity contribution in [3.63, 3.8) is 0 Å². The molecule has 2 heteroatoms. The van der Waals surface area contributed by atoms with Crippen LogP contribution >= 0.6 is 0 Å². The molecule has 0 aliphatic rings. The third-order valence-electron chi connectivity index (χ3n) is 3.48. The fourth-order valence-corrected chi connectivity index (χ4v) is 2.29. The summed E-state index contributed by atoms with van der Waals surface area (Å²) in [7, 11) is 0. The van der Waals surface area contributed by atoms with Crippen molar-refractivity contribution >= 4 is 11.6 Å². The number of carbonyl (C=O) groups excluding carboxylic acids is 1. The van der Waals surface area contributed by atoms with Gasteiger partial charge in [0.25, 0.3) is 0 Å². The van der Waals surface area contributed by atoms with Crippen LogP contribution in [0.2, 0.25) is 0 Å². The number of benzene rings is 2. The third kappa shape index (κ3) is 3.97. The van der Waals surface area contributed by atoms with Gasteiger partial charge < -0.3 is 5.32 Å². The van der Waals surface area contributed by atoms with Crippen LogP contribution in [0.15, 0.2) is 42.5 Å². The normalized spacial score (nSPS) is 9.95. The van der Waals surface area contributed by atoms with Gasteiger partial charge in [0, 0.05) is 17.7 Å². The highest BCUT2D eigenvalue weighted by Gasteiger charge is 2.07. The van der Waals surface area contributed by atoms with E-state index in [0.717, 1.165) is 27.9 Å². The molecular weight excluding hydrogens is 258 g/mol. The number of anilines is 1. The van der Waals surface area contributed by atoms with Crippen LogP contribution in [-0.4, -0.2) is 5.91 Å². The maximum atomic E-state index is 12.1. The first kappa shape index (κ1) is 14.9. The molecule has 0 saturated carbocycles. The molecule has 0 bridgehead atoms. The van der Waals surface area contributed by atoms with Gasteiger partial charge in [0.2, 0.25) is 5.91 Å². The first-order valence-corrected chi connectivity index (χ1v) is 7.02. The lowest BCUT2D eigenvalue weighted by atomic mass is 10.1. The summed E-state index contributed by atoms with van der Waals surface area (Å²) < 4.78 is 0. The SMILES string of the molecule is C#Cc1cccc(CCC(=O)Nc2c(C)cccc2C)c1. The van der Waals surface area contributed by atoms with E-state index in [9.17, 15) is 4.79 Å². The number of para-hydroxylation sites is 1. The number of carbonyl (C=O) groups is 1. The fourth-order valence-electron chi connectivity index (χ4n) is 2.29. The average Bonchev–Trinajstić information content (AvgIpc) is 2.49. The first-order valence-electron chi connectivity index (χ1n) is 7.02. The molecule has 0 atom stereocenters. The highest BCUT2D eigenvalue weighted by Crippen LogP contribution is 2.19. The van der Waals surface area contributed by atoms with Gasteiger partial charge in [0.05, 0.1) is 0 Å². The Labute approximate surface area is 126 Å². The van der Waals surface area contributed by atoms with E-state index in [0.29, 0.717) is 12.8 Å². The van der Waals surface area contributed by atoms with Gasteiger partial charge in [-0.15, -0.1) is 6.42 Å². The molecule has 2 aromatic rings. The lowest BCUT2D eigenvalue weighted by molar-refractivity contribution is -0.116. The molecule has 0 aliphatic heterocycles. The Morgan fingerprint density at radius 2 is 1.81 bits per heavy atom. The zero-order valence-corrected chi connectivity index (χ0v) is 12.4. The summed E-state index contributed by atoms with van der Waals surface area (Å²) in [5.74, 6) is 2.64. The molecule has 0 aromatic heterocycles. The first-order chi connectivity index (χ1) is 10.1. The quantitative estimate of drug-likeness (QED) is 0.845. The fraction of sp³-hybridized carbons (Fsp3) is 0.211. The zero-order valence-electron chi connectivity index (χ0n) is 12.4. The highest BCUT2D eigenvalue weighted by atomic mass is 16.1. The lowest BCUT2D eigenvalue weighted by Crippen LogP contribution is -2.14. The molecule has 0 spiro atoms. The average molecular weight is 277 g/mol. The van der Waals surface area contributed by atoms with Gasteiger partial charge in [-0.1, -0.05) is 36.3 Å². The number of hydrogen-bond donors (Lipinski definition) is 1. The Kier molecular flexibility index (Phi) is 4.79. The number of rotatable bonds is 4. The van der Waals surface area contributed by atoms with Gasteiger partial charge in [0.15, 0.2) is 0 Å². The smallest absolute Gasteiger partial charge is 0.224 e. The standard InChI is InChI=1S/C19H19NO/c1-4-16-9-6-10-17(13-16)11-12-18(21)20-19-14(2)7-5-8-15(19)3/h1,5-10,13H,11-12H2,2-3H3,(H,20,21). The van der Waals surface area contributed by atoms with Crippen LogP contribution in [0.25, 0.3) is 0 Å². The maximum absolute atomic E-state index is 12.1. The van der Waals surface area contributed by atoms with E-state index in [2.05, 4.69) is 11.2 Å². The number of aryl methyl sites for hydroxylation is 3. The molecule has 2 rings (SSSR count). The summed E-state index contributed by atoms with van der Waals surface area (Å²) in [6, 6.07) is 13.7. The predicted octanol–water partition coefficient (Wildman–Crippen LogP) is 3.86. The van der Waals surface area contributed by atoms with Gasteiger partial charge in [0.1, 0.15) is 0 Å². The highest BCUT2D eigenvalue weighted by molar-refractivity contribution is 5.92. The van der Waals surface area contributed by atoms with Crippen LogP contribution in [0.1, 0.15) is 28.7 Å². The minimum absolute atomic E-state index is 0.0264. The summed E-state index contributed by atoms with van der Waals surface area (Å²) in [6.07, 6.45) is 6.51. The number of amides is 1. The van der Waals surface area contributed by atoms with Crippen molar-refractivity contribution in [1.82, 2.24) is 0 Å². The van der Waals surface area contributed by atoms with Gasteiger partial charge in [-0.25, -0.2) is 0 Å². The van der Waals surface area contributed by atoms with Crippen LogP contribution in [0.3, 0.4) is 0 Å². The van der Waals surface area contributed by atoms with Gasteiger partial charge in [-0.2, -0.15) is 0 Å². The Morgan fingerprint density at radius 1 is 1.14 bits per heavy atom. The number of nitrogens with one attached hydrogen (secondary N) is 1. The summed E-state index contributed by atoms with van der Waals surface area (Å²) in [5, 5.41) is 3.00. The van der Waals surface area contributed by atoms with Crippen molar-refractivity contribution in [3.8, 4) is 12.3 Å². The van der Waals surface area contributed by atoms with E-state index in [1.54, 1.807) is 0 Å². The van der Waals surface area contributed by atoms with Gasteiger partial charge in [-0.05, 0) is 49.1 Å². The van der Waals surface area contributed by atoms with Crippen molar-refractivity contribution < 1.29 is 4.79 Å². The van der Waals surface area contributed by atoms with Crippen LogP contribution in [-0.2, 0) is 11.2 Å². The molecule has 1 N–H and O–H groups in total. The van der Waals surface area contributed by atoms with Crippen LogP contribution < -0.4 is 5.32 Å². The largest absolute Gasteiger partial charge is 0.326 e. The second kappa shape index (κ2) is 6.76. The minimum Gasteiger partial charge on any atom is -0.326 e. The molecule has 0 radical (unpaired) electrons.